The first-order chi connectivity index (χ1) is 48.0. The summed E-state index contributed by atoms with van der Waals surface area (Å²) < 4.78 is 59.7. The number of amides is 5. The van der Waals surface area contributed by atoms with Crippen LogP contribution in [0.15, 0.2) is 101 Å². The molecule has 5 aliphatic heterocycles. The molecule has 2 aromatic carbocycles. The molecule has 0 spiro atoms. The lowest BCUT2D eigenvalue weighted by Crippen LogP contribution is -2.54. The topological polar surface area (TPSA) is 373 Å². The monoisotopic (exact) mass is 1440 g/mol. The number of benzene rings is 2. The highest BCUT2D eigenvalue weighted by Crippen LogP contribution is 2.61. The number of aromatic nitrogens is 5. The van der Waals surface area contributed by atoms with Crippen molar-refractivity contribution in [3.63, 3.8) is 0 Å². The average Bonchev–Trinajstić information content (AvgIpc) is 1.62. The molecule has 0 saturated carbocycles. The number of nitrogens with one attached hydrogen (secondary N) is 2. The van der Waals surface area contributed by atoms with Crippen LogP contribution in [0.5, 0.6) is 17.5 Å². The minimum Gasteiger partial charge on any atom is -0.507 e. The summed E-state index contributed by atoms with van der Waals surface area (Å²) in [5.41, 5.74) is 13.8. The third-order valence-electron chi connectivity index (χ3n) is 18.7. The van der Waals surface area contributed by atoms with E-state index in [-0.39, 0.29) is 79.9 Å². The second-order valence-electron chi connectivity index (χ2n) is 26.0. The number of thiazole rings is 1. The number of phosphoric acid groups is 2. The molecule has 0 aliphatic carbocycles. The molecular formula is C67H86N14O16P2S. The van der Waals surface area contributed by atoms with Crippen LogP contribution in [0, 0.1) is 12.8 Å². The smallest absolute Gasteiger partial charge is 0.481 e. The predicted molar refractivity (Wildman–Crippen MR) is 370 cm³/mol. The highest BCUT2D eigenvalue weighted by molar-refractivity contribution is 7.61. The molecule has 5 aliphatic rings. The molecule has 11 rings (SSSR count). The third-order valence-corrected chi connectivity index (χ3v) is 22.4. The van der Waals surface area contributed by atoms with Crippen LogP contribution >= 0.6 is 27.0 Å². The Bertz CT molecular complexity index is 3980. The number of carbonyl (C=O) groups is 5. The fourth-order valence-corrected chi connectivity index (χ4v) is 16.7. The lowest BCUT2D eigenvalue weighted by Gasteiger charge is -2.43. The van der Waals surface area contributed by atoms with Crippen LogP contribution in [-0.2, 0) is 46.5 Å². The Labute approximate surface area is 583 Å². The summed E-state index contributed by atoms with van der Waals surface area (Å²) in [5, 5.41) is 28.7. The first-order valence-electron chi connectivity index (χ1n) is 33.7. The number of piperazine rings is 2. The fourth-order valence-electron chi connectivity index (χ4n) is 13.6. The summed E-state index contributed by atoms with van der Waals surface area (Å²) in [7, 11) is -10.8. The standard InChI is InChI=1S/C67H86N14O16P2S/c1-42(2)63(57-36-60(75-95-57)93-31-28-76-26-27-77(43(3)37-76)29-32-92-59-33-48(22-23-70-59)81-49-18-19-50(81)39-78(38-49)54-35-53(73-74-65(54)68)52-11-8-9-12-56(52)82)67(87)80-40-51(34-55(80)66(86)72-44(4)46-14-16-47(17-15-46)64-45(5)71-41-100-64)96-99(90,91)97-98(88,89)94-30-24-69-58(83)13-7-6-10-25-79-61(84)20-21-62(79)85/h8-9,11-12,14-17,20-23,33,35-36,41-44,49-51,55,63,82H,6-7,10,13,18-19,24-32,34,37-40H2,1-5H3,(H2,68,74)(H,69,83)(H,72,86)(H,88,89)(H,90,91)/t43-,44+,49?,50?,51-,55+,63-/m1/s1. The summed E-state index contributed by atoms with van der Waals surface area (Å²) in [6, 6.07) is 21.0. The number of imide groups is 1. The number of unbranched alkanes of at least 4 members (excludes halogenated alkanes) is 2. The Balaban J connectivity index is 0.647. The number of fused-ring (bicyclic) bond motifs is 2. The predicted octanol–water partition coefficient (Wildman–Crippen LogP) is 7.01. The van der Waals surface area contributed by atoms with Crippen LogP contribution in [0.2, 0.25) is 0 Å². The van der Waals surface area contributed by atoms with Gasteiger partial charge in [-0.2, -0.15) is 4.31 Å². The van der Waals surface area contributed by atoms with E-state index >= 15 is 0 Å². The molecule has 5 amide bonds. The highest BCUT2D eigenvalue weighted by atomic mass is 32.1. The second-order valence-corrected chi connectivity index (χ2v) is 29.9. The van der Waals surface area contributed by atoms with Crippen LogP contribution in [0.3, 0.4) is 0 Å². The lowest BCUT2D eigenvalue weighted by molar-refractivity contribution is -0.141. The van der Waals surface area contributed by atoms with E-state index in [1.807, 2.05) is 61.5 Å². The van der Waals surface area contributed by atoms with Crippen LogP contribution < -0.4 is 35.6 Å². The molecule has 30 nitrogen and oxygen atoms in total. The van der Waals surface area contributed by atoms with E-state index in [0.29, 0.717) is 61.9 Å². The van der Waals surface area contributed by atoms with E-state index in [1.54, 1.807) is 44.6 Å². The van der Waals surface area contributed by atoms with E-state index in [4.69, 9.17) is 28.8 Å². The van der Waals surface area contributed by atoms with Gasteiger partial charge in [0.25, 0.3) is 17.7 Å². The first-order valence-corrected chi connectivity index (χ1v) is 37.5. The first kappa shape index (κ1) is 73.0. The van der Waals surface area contributed by atoms with Gasteiger partial charge in [0.1, 0.15) is 30.9 Å². The maximum atomic E-state index is 14.9. The number of hydrogen-bond acceptors (Lipinski definition) is 25. The Kier molecular flexibility index (Phi) is 23.8. The number of phosphoric ester groups is 2. The Morgan fingerprint density at radius 2 is 1.57 bits per heavy atom. The van der Waals surface area contributed by atoms with Gasteiger partial charge in [0.2, 0.25) is 23.6 Å². The maximum absolute atomic E-state index is 14.9. The number of pyridine rings is 1. The molecule has 2 bridgehead atoms. The van der Waals surface area contributed by atoms with Gasteiger partial charge in [-0.1, -0.05) is 56.7 Å². The van der Waals surface area contributed by atoms with Crippen molar-refractivity contribution in [1.82, 2.24) is 55.6 Å². The molecule has 100 heavy (non-hydrogen) atoms. The minimum absolute atomic E-state index is 0.0782. The van der Waals surface area contributed by atoms with E-state index in [1.165, 1.54) is 34.5 Å². The SMILES string of the molecule is Cc1ncsc1-c1ccc([C@H](C)NC(=O)[C@@H]2C[C@@H](OP(=O)(O)OP(=O)(O)OCCNC(=O)CCCCCN3C(=O)C=CC3=O)CN2C(=O)[C@@H](c2cc(OCCN3CCN(CCOc4cc(N5C6CCC5CN(c5cc(-c7ccccc7O)nnc5N)C6)ccn4)[C@H](C)C3)no2)C(C)C)cc1. The van der Waals surface area contributed by atoms with Crippen molar-refractivity contribution in [3.8, 4) is 39.2 Å². The van der Waals surface area contributed by atoms with E-state index in [2.05, 4.69) is 66.8 Å². The van der Waals surface area contributed by atoms with Crippen molar-refractivity contribution in [1.29, 1.82) is 0 Å². The van der Waals surface area contributed by atoms with Crippen molar-refractivity contribution < 1.29 is 75.4 Å². The molecule has 9 heterocycles. The molecule has 536 valence electrons. The summed E-state index contributed by atoms with van der Waals surface area (Å²) in [4.78, 5) is 108. The van der Waals surface area contributed by atoms with Gasteiger partial charge in [0.05, 0.1) is 46.2 Å². The number of likely N-dealkylation sites (tertiary alicyclic amines) is 1. The molecule has 6 aromatic rings. The van der Waals surface area contributed by atoms with Gasteiger partial charge in [-0.15, -0.1) is 21.5 Å². The van der Waals surface area contributed by atoms with E-state index in [0.717, 1.165) is 83.5 Å². The van der Waals surface area contributed by atoms with E-state index < -0.39 is 76.5 Å². The molecule has 4 fully saturated rings. The van der Waals surface area contributed by atoms with Gasteiger partial charge in [-0.25, -0.2) is 19.1 Å². The number of para-hydroxylation sites is 1. The minimum atomic E-state index is -5.47. The quantitative estimate of drug-likeness (QED) is 0.0140. The molecule has 9 atom stereocenters. The van der Waals surface area contributed by atoms with Crippen molar-refractivity contribution >= 4 is 73.7 Å². The Morgan fingerprint density at radius 1 is 0.830 bits per heavy atom. The van der Waals surface area contributed by atoms with Crippen LogP contribution in [0.1, 0.15) is 102 Å². The van der Waals surface area contributed by atoms with Gasteiger partial charge >= 0.3 is 15.6 Å². The van der Waals surface area contributed by atoms with Crippen molar-refractivity contribution in [2.24, 2.45) is 5.92 Å². The molecule has 7 N–H and O–H groups in total. The lowest BCUT2D eigenvalue weighted by atomic mass is 9.91. The number of ether oxygens (including phenoxy) is 2. The summed E-state index contributed by atoms with van der Waals surface area (Å²) in [6.07, 6.45) is 6.09. The number of carbonyl (C=O) groups excluding carboxylic acids is 5. The molecule has 0 radical (unpaired) electrons. The number of nitrogens with zero attached hydrogens (tertiary/aromatic N) is 11. The second kappa shape index (κ2) is 32.6. The zero-order valence-electron chi connectivity index (χ0n) is 56.4. The number of rotatable bonds is 32. The molecule has 4 unspecified atom stereocenters. The van der Waals surface area contributed by atoms with Crippen molar-refractivity contribution in [2.75, 3.05) is 101 Å². The number of phenolic OH excluding ortho intramolecular Hbond substituents is 1. The van der Waals surface area contributed by atoms with E-state index in [9.17, 15) is 48.0 Å². The Morgan fingerprint density at radius 3 is 2.29 bits per heavy atom. The summed E-state index contributed by atoms with van der Waals surface area (Å²) in [6.45, 7) is 14.2. The summed E-state index contributed by atoms with van der Waals surface area (Å²) in [5.74, 6) is -2.50. The average molecular weight is 1440 g/mol. The fraction of sp³-hybridized carbons (Fsp3) is 0.493. The molecule has 4 saturated heterocycles. The largest absolute Gasteiger partial charge is 0.507 e. The third kappa shape index (κ3) is 18.3. The van der Waals surface area contributed by atoms with Gasteiger partial charge in [0, 0.05) is 138 Å². The number of anilines is 3. The number of aryl methyl sites for hydroxylation is 1. The summed E-state index contributed by atoms with van der Waals surface area (Å²) >= 11 is 1.51. The highest BCUT2D eigenvalue weighted by Gasteiger charge is 2.48. The van der Waals surface area contributed by atoms with Crippen LogP contribution in [0.25, 0.3) is 21.7 Å². The zero-order valence-corrected chi connectivity index (χ0v) is 59.1. The zero-order chi connectivity index (χ0) is 70.8. The van der Waals surface area contributed by atoms with Gasteiger partial charge in [-0.3, -0.25) is 47.7 Å². The number of aromatic hydroxyl groups is 1. The number of nitrogen functional groups attached to an aromatic ring is 1. The van der Waals surface area contributed by atoms with Crippen LogP contribution in [0.4, 0.5) is 17.2 Å². The maximum Gasteiger partial charge on any atom is 0.481 e. The molecular weight excluding hydrogens is 1350 g/mol. The van der Waals surface area contributed by atoms with Crippen LogP contribution in [-0.4, -0.2) is 205 Å². The van der Waals surface area contributed by atoms with Gasteiger partial charge < -0.3 is 60.0 Å². The molecule has 4 aromatic heterocycles. The number of nitrogens with two attached hydrogens (primary N) is 1. The normalized spacial score (nSPS) is 21.3. The van der Waals surface area contributed by atoms with Gasteiger partial charge in [-0.05, 0) is 92.9 Å². The van der Waals surface area contributed by atoms with Crippen molar-refractivity contribution in [2.45, 2.75) is 122 Å². The number of phenols is 1. The molecule has 33 heteroatoms. The number of hydrogen-bond donors (Lipinski definition) is 6. The Hall–Kier alpha value is -8.22. The van der Waals surface area contributed by atoms with Crippen molar-refractivity contribution in [3.05, 3.63) is 114 Å². The van der Waals surface area contributed by atoms with Gasteiger partial charge in [0.15, 0.2) is 11.6 Å².